The molecule has 76 heavy (non-hydrogen) atoms. The van der Waals surface area contributed by atoms with Gasteiger partial charge < -0.3 is 58.1 Å². The van der Waals surface area contributed by atoms with E-state index in [1.165, 1.54) is 36.1 Å². The molecule has 426 valence electrons. The van der Waals surface area contributed by atoms with Crippen LogP contribution in [0.3, 0.4) is 0 Å². The van der Waals surface area contributed by atoms with Crippen molar-refractivity contribution in [1.82, 2.24) is 63.1 Å². The minimum Gasteiger partial charge on any atom is -0.353 e. The maximum atomic E-state index is 13.2. The number of pyridine rings is 1. The van der Waals surface area contributed by atoms with Crippen LogP contribution < -0.4 is 53.2 Å². The van der Waals surface area contributed by atoms with Gasteiger partial charge in [-0.25, -0.2) is 0 Å². The highest BCUT2D eigenvalue weighted by molar-refractivity contribution is 8.00. The van der Waals surface area contributed by atoms with Gasteiger partial charge in [-0.05, 0) is 81.0 Å². The molecule has 3 unspecified atom stereocenters. The summed E-state index contributed by atoms with van der Waals surface area (Å²) in [5.74, 6) is -4.14. The first kappa shape index (κ1) is 67.6. The molecule has 0 aliphatic carbocycles. The van der Waals surface area contributed by atoms with Crippen molar-refractivity contribution < 1.29 is 52.7 Å². The van der Waals surface area contributed by atoms with E-state index in [1.54, 1.807) is 26.1 Å². The molecule has 10 N–H and O–H groups in total. The zero-order valence-corrected chi connectivity index (χ0v) is 47.1. The highest BCUT2D eigenvalue weighted by Crippen LogP contribution is 2.17. The first-order valence-electron chi connectivity index (χ1n) is 25.9. The van der Waals surface area contributed by atoms with Crippen LogP contribution in [-0.4, -0.2) is 170 Å². The standard InChI is InChI=1S/C52H86N12O11S/c1-32(2)19-35(7)21-39(65)23-55-43(67)24-59-52(75)41(22-38-15-17-54-18-16-38)61-45(69)26-57-48(72)31-76-30-37(9)60-42(66)14-12-13-36(8)50(34(5)6)63-46(70)27-56-44(68)25-58-51(74)40(20-33(3)4)62-47(71)29-64(11)49(73)28-53-10/h15-18,32-35,37,40-41,50,53H,8,12-14,19-31H2,1-7,9-11H3,(H,55,67)(H,56,68)(H,57,72)(H,58,74)(H,59,75)(H,60,66)(H,61,69)(H,62,71)(H,63,70)/t35?,37?,40-,41+,50?/m1/s1. The highest BCUT2D eigenvalue weighted by Gasteiger charge is 2.26. The van der Waals surface area contributed by atoms with E-state index in [4.69, 9.17) is 0 Å². The second kappa shape index (κ2) is 37.3. The molecule has 10 amide bonds. The number of hydrogen-bond donors (Lipinski definition) is 10. The van der Waals surface area contributed by atoms with E-state index in [-0.39, 0.29) is 92.6 Å². The zero-order chi connectivity index (χ0) is 57.3. The zero-order valence-electron chi connectivity index (χ0n) is 46.2. The predicted molar refractivity (Wildman–Crippen MR) is 291 cm³/mol. The van der Waals surface area contributed by atoms with Gasteiger partial charge in [0.25, 0.3) is 0 Å². The van der Waals surface area contributed by atoms with Crippen molar-refractivity contribution in [2.24, 2.45) is 23.7 Å². The number of hydrogen-bond acceptors (Lipinski definition) is 14. The molecule has 1 rings (SSSR count). The summed E-state index contributed by atoms with van der Waals surface area (Å²) in [6, 6.07) is 0.572. The van der Waals surface area contributed by atoms with Gasteiger partial charge in [-0.2, -0.15) is 0 Å². The Kier molecular flexibility index (Phi) is 33.2. The van der Waals surface area contributed by atoms with Crippen molar-refractivity contribution in [2.75, 3.05) is 71.4 Å². The summed E-state index contributed by atoms with van der Waals surface area (Å²) in [6.07, 6.45) is 5.71. The van der Waals surface area contributed by atoms with Crippen LogP contribution in [0.25, 0.3) is 0 Å². The number of rotatable bonds is 38. The SMILES string of the molecule is C=C(CCCC(=O)NC(C)CSCC(=O)NCC(=O)N[C@@H](Cc1ccncc1)C(=O)NCC(=O)NCC(=O)CC(C)CC(C)C)C(NC(=O)CNC(=O)CNC(=O)[C@@H](CC(C)C)NC(=O)CN(C)C(=O)CNC)C(C)C. The number of aromatic nitrogens is 1. The number of amides is 10. The summed E-state index contributed by atoms with van der Waals surface area (Å²) in [5, 5.41) is 26.3. The van der Waals surface area contributed by atoms with Crippen molar-refractivity contribution in [3.8, 4) is 0 Å². The Hall–Kier alpha value is -6.43. The molecular weight excluding hydrogens is 1000 g/mol. The first-order chi connectivity index (χ1) is 35.8. The molecule has 0 spiro atoms. The second-order valence-electron chi connectivity index (χ2n) is 20.2. The predicted octanol–water partition coefficient (Wildman–Crippen LogP) is -0.355. The van der Waals surface area contributed by atoms with Crippen molar-refractivity contribution in [3.63, 3.8) is 0 Å². The number of carbonyl (C=O) groups is 11. The molecule has 0 aliphatic rings. The van der Waals surface area contributed by atoms with E-state index in [2.05, 4.69) is 78.6 Å². The topological polar surface area (TPSA) is 324 Å². The normalized spacial score (nSPS) is 13.0. The average Bonchev–Trinajstić information content (AvgIpc) is 3.33. The quantitative estimate of drug-likeness (QED) is 0.0379. The molecule has 5 atom stereocenters. The van der Waals surface area contributed by atoms with E-state index in [0.717, 1.165) is 6.42 Å². The third-order valence-electron chi connectivity index (χ3n) is 11.3. The minimum absolute atomic E-state index is 0.00732. The Morgan fingerprint density at radius 3 is 1.72 bits per heavy atom. The van der Waals surface area contributed by atoms with Crippen LogP contribution in [0.1, 0.15) is 99.5 Å². The highest BCUT2D eigenvalue weighted by atomic mass is 32.2. The van der Waals surface area contributed by atoms with Gasteiger partial charge in [-0.15, -0.1) is 11.8 Å². The largest absolute Gasteiger partial charge is 0.353 e. The van der Waals surface area contributed by atoms with Crippen LogP contribution in [0, 0.1) is 23.7 Å². The fourth-order valence-electron chi connectivity index (χ4n) is 7.72. The molecule has 0 aliphatic heterocycles. The molecule has 24 heteroatoms. The Morgan fingerprint density at radius 1 is 0.605 bits per heavy atom. The molecule has 0 fully saturated rings. The van der Waals surface area contributed by atoms with Gasteiger partial charge in [0, 0.05) is 50.5 Å². The third-order valence-corrected chi connectivity index (χ3v) is 12.5. The molecule has 1 heterocycles. The summed E-state index contributed by atoms with van der Waals surface area (Å²) < 4.78 is 0. The Morgan fingerprint density at radius 2 is 1.14 bits per heavy atom. The van der Waals surface area contributed by atoms with Crippen molar-refractivity contribution in [3.05, 3.63) is 42.2 Å². The van der Waals surface area contributed by atoms with Crippen molar-refractivity contribution in [1.29, 1.82) is 0 Å². The number of carbonyl (C=O) groups excluding carboxylic acids is 11. The lowest BCUT2D eigenvalue weighted by atomic mass is 9.93. The van der Waals surface area contributed by atoms with Gasteiger partial charge in [0.2, 0.25) is 59.1 Å². The van der Waals surface area contributed by atoms with Crippen molar-refractivity contribution >= 4 is 76.6 Å². The second-order valence-corrected chi connectivity index (χ2v) is 21.3. The van der Waals surface area contributed by atoms with E-state index in [1.807, 2.05) is 34.6 Å². The fourth-order valence-corrected chi connectivity index (χ4v) is 8.56. The molecular formula is C52H86N12O11S. The summed E-state index contributed by atoms with van der Waals surface area (Å²) in [6.45, 7) is 17.6. The summed E-state index contributed by atoms with van der Waals surface area (Å²) >= 11 is 1.25. The summed E-state index contributed by atoms with van der Waals surface area (Å²) in [7, 11) is 3.08. The Labute approximate surface area is 452 Å². The minimum atomic E-state index is -1.09. The lowest BCUT2D eigenvalue weighted by Crippen LogP contribution is -2.52. The smallest absolute Gasteiger partial charge is 0.243 e. The maximum absolute atomic E-state index is 13.2. The van der Waals surface area contributed by atoms with Crippen LogP contribution >= 0.6 is 11.8 Å². The number of nitrogens with zero attached hydrogens (tertiary/aromatic N) is 2. The van der Waals surface area contributed by atoms with Crippen LogP contribution in [0.5, 0.6) is 0 Å². The molecule has 1 aromatic rings. The number of Topliss-reactive ketones (excluding diaryl/α,β-unsaturated/α-hetero) is 1. The number of ketones is 1. The van der Waals surface area contributed by atoms with Gasteiger partial charge >= 0.3 is 0 Å². The van der Waals surface area contributed by atoms with E-state index < -0.39 is 85.0 Å². The Balaban J connectivity index is 2.50. The molecule has 0 radical (unpaired) electrons. The number of thioether (sulfide) groups is 1. The molecule has 0 aromatic carbocycles. The number of likely N-dealkylation sites (N-methyl/N-ethyl adjacent to an activating group) is 2. The van der Waals surface area contributed by atoms with Crippen LogP contribution in [0.15, 0.2) is 36.7 Å². The third kappa shape index (κ3) is 31.5. The molecule has 0 saturated heterocycles. The van der Waals surface area contributed by atoms with Crippen LogP contribution in [-0.2, 0) is 59.2 Å². The lowest BCUT2D eigenvalue weighted by molar-refractivity contribution is -0.135. The molecule has 0 saturated carbocycles. The average molecular weight is 1090 g/mol. The number of nitrogens with one attached hydrogen (secondary N) is 10. The summed E-state index contributed by atoms with van der Waals surface area (Å²) in [5.41, 5.74) is 1.38. The lowest BCUT2D eigenvalue weighted by Gasteiger charge is -2.25. The van der Waals surface area contributed by atoms with E-state index in [9.17, 15) is 52.7 Å². The maximum Gasteiger partial charge on any atom is 0.243 e. The van der Waals surface area contributed by atoms with Crippen molar-refractivity contribution in [2.45, 2.75) is 125 Å². The van der Waals surface area contributed by atoms with Gasteiger partial charge in [0.05, 0.1) is 57.6 Å². The monoisotopic (exact) mass is 1090 g/mol. The molecule has 0 bridgehead atoms. The van der Waals surface area contributed by atoms with Gasteiger partial charge in [0.15, 0.2) is 5.78 Å². The Bertz CT molecular complexity index is 2090. The fraction of sp³-hybridized carbons (Fsp3) is 0.654. The van der Waals surface area contributed by atoms with Crippen LogP contribution in [0.2, 0.25) is 0 Å². The first-order valence-corrected chi connectivity index (χ1v) is 27.0. The summed E-state index contributed by atoms with van der Waals surface area (Å²) in [4.78, 5) is 144. The van der Waals surface area contributed by atoms with Gasteiger partial charge in [0.1, 0.15) is 12.1 Å². The van der Waals surface area contributed by atoms with Gasteiger partial charge in [-0.3, -0.25) is 57.7 Å². The van der Waals surface area contributed by atoms with E-state index >= 15 is 0 Å². The van der Waals surface area contributed by atoms with E-state index in [0.29, 0.717) is 42.1 Å². The van der Waals surface area contributed by atoms with Gasteiger partial charge in [-0.1, -0.05) is 60.6 Å². The van der Waals surface area contributed by atoms with Crippen LogP contribution in [0.4, 0.5) is 0 Å². The molecule has 23 nitrogen and oxygen atoms in total. The molecule has 1 aromatic heterocycles.